The van der Waals surface area contributed by atoms with E-state index in [-0.39, 0.29) is 16.6 Å². The van der Waals surface area contributed by atoms with Gasteiger partial charge in [0.15, 0.2) is 5.65 Å². The highest BCUT2D eigenvalue weighted by Gasteiger charge is 2.26. The van der Waals surface area contributed by atoms with Crippen LogP contribution in [0.2, 0.25) is 0 Å². The summed E-state index contributed by atoms with van der Waals surface area (Å²) in [7, 11) is 0. The number of fused-ring (bicyclic) bond motifs is 2. The van der Waals surface area contributed by atoms with Crippen LogP contribution < -0.4 is 15.2 Å². The molecule has 10 nitrogen and oxygen atoms in total. The van der Waals surface area contributed by atoms with Gasteiger partial charge in [-0.1, -0.05) is 6.07 Å². The van der Waals surface area contributed by atoms with Crippen LogP contribution in [0.5, 0.6) is 0 Å². The van der Waals surface area contributed by atoms with E-state index in [4.69, 9.17) is 4.98 Å². The van der Waals surface area contributed by atoms with Crippen LogP contribution >= 0.6 is 0 Å². The van der Waals surface area contributed by atoms with Crippen molar-refractivity contribution in [3.8, 4) is 11.8 Å². The number of hydrogen-bond acceptors (Lipinski definition) is 8. The first-order valence-electron chi connectivity index (χ1n) is 11.2. The number of aromatic nitrogens is 4. The number of pyridine rings is 4. The molecule has 6 heterocycles. The molecule has 4 aromatic heterocycles. The highest BCUT2D eigenvalue weighted by atomic mass is 16.4. The van der Waals surface area contributed by atoms with Crippen molar-refractivity contribution >= 4 is 28.6 Å². The van der Waals surface area contributed by atoms with Crippen LogP contribution in [0, 0.1) is 11.3 Å². The molecule has 0 aromatic carbocycles. The molecule has 0 saturated carbocycles. The summed E-state index contributed by atoms with van der Waals surface area (Å²) in [4.78, 5) is 42.6. The van der Waals surface area contributed by atoms with E-state index in [9.17, 15) is 20.0 Å². The molecular formula is C25H19N7O3. The smallest absolute Gasteiger partial charge is 0.341 e. The summed E-state index contributed by atoms with van der Waals surface area (Å²) >= 11 is 0. The van der Waals surface area contributed by atoms with Crippen molar-refractivity contribution in [1.82, 2.24) is 19.5 Å². The number of carbonyl (C=O) groups is 1. The Kier molecular flexibility index (Phi) is 4.70. The predicted octanol–water partition coefficient (Wildman–Crippen LogP) is 2.48. The van der Waals surface area contributed by atoms with Crippen LogP contribution in [0.4, 0.5) is 11.6 Å². The number of carboxylic acid groups (broad SMARTS) is 1. The Morgan fingerprint density at radius 2 is 1.97 bits per heavy atom. The van der Waals surface area contributed by atoms with E-state index in [1.165, 1.54) is 12.3 Å². The first-order chi connectivity index (χ1) is 17.0. The van der Waals surface area contributed by atoms with Gasteiger partial charge in [-0.25, -0.2) is 14.8 Å². The Morgan fingerprint density at radius 1 is 1.11 bits per heavy atom. The maximum atomic E-state index is 13.0. The lowest BCUT2D eigenvalue weighted by molar-refractivity contribution is 0.0695. The summed E-state index contributed by atoms with van der Waals surface area (Å²) in [6, 6.07) is 11.1. The molecule has 0 bridgehead atoms. The minimum atomic E-state index is -1.35. The minimum absolute atomic E-state index is 0.0619. The SMILES string of the molecule is N#Cc1cc2c(=O)c(C(=O)O)cn(-c3ccc(N4CCC4)nc3)c2nc1N1Cc2cccnc2C1. The number of rotatable bonds is 4. The Hall–Kier alpha value is -4.78. The summed E-state index contributed by atoms with van der Waals surface area (Å²) in [5, 5.41) is 19.6. The molecule has 2 aliphatic heterocycles. The molecule has 35 heavy (non-hydrogen) atoms. The van der Waals surface area contributed by atoms with Gasteiger partial charge in [-0.3, -0.25) is 14.3 Å². The zero-order valence-corrected chi connectivity index (χ0v) is 18.5. The van der Waals surface area contributed by atoms with E-state index in [1.807, 2.05) is 29.2 Å². The monoisotopic (exact) mass is 465 g/mol. The zero-order valence-electron chi connectivity index (χ0n) is 18.5. The number of carboxylic acids is 1. The lowest BCUT2D eigenvalue weighted by atomic mass is 10.1. The summed E-state index contributed by atoms with van der Waals surface area (Å²) in [6.07, 6.45) is 5.76. The third-order valence-electron chi connectivity index (χ3n) is 6.49. The predicted molar refractivity (Wildman–Crippen MR) is 128 cm³/mol. The van der Waals surface area contributed by atoms with E-state index < -0.39 is 17.0 Å². The summed E-state index contributed by atoms with van der Waals surface area (Å²) in [6.45, 7) is 2.91. The molecule has 1 saturated heterocycles. The highest BCUT2D eigenvalue weighted by Crippen LogP contribution is 2.30. The lowest BCUT2D eigenvalue weighted by Gasteiger charge is -2.32. The maximum absolute atomic E-state index is 13.0. The number of nitrogens with zero attached hydrogens (tertiary/aromatic N) is 7. The van der Waals surface area contributed by atoms with Crippen LogP contribution in [0.25, 0.3) is 16.7 Å². The highest BCUT2D eigenvalue weighted by molar-refractivity contribution is 5.93. The van der Waals surface area contributed by atoms with Crippen molar-refractivity contribution in [2.45, 2.75) is 19.5 Å². The lowest BCUT2D eigenvalue weighted by Crippen LogP contribution is -2.37. The van der Waals surface area contributed by atoms with E-state index in [1.54, 1.807) is 17.0 Å². The molecule has 1 N–H and O–H groups in total. The standard InChI is InChI=1S/C25H19N7O3/c26-10-16-9-18-22(33)19(25(34)35)13-32(17-4-5-21(28-11-17)30-7-2-8-30)24(18)29-23(16)31-12-15-3-1-6-27-20(15)14-31/h1,3-6,9,11,13H,2,7-8,12,14H2,(H,34,35). The third kappa shape index (κ3) is 3.36. The Morgan fingerprint density at radius 3 is 2.63 bits per heavy atom. The summed E-state index contributed by atoms with van der Waals surface area (Å²) in [5.41, 5.74) is 1.89. The summed E-state index contributed by atoms with van der Waals surface area (Å²) < 4.78 is 1.55. The number of anilines is 2. The second kappa shape index (κ2) is 7.92. The van der Waals surface area contributed by atoms with Crippen molar-refractivity contribution < 1.29 is 9.90 Å². The number of nitriles is 1. The Labute approximate surface area is 199 Å². The van der Waals surface area contributed by atoms with Gasteiger partial charge in [0.1, 0.15) is 23.3 Å². The minimum Gasteiger partial charge on any atom is -0.477 e. The normalized spacial score (nSPS) is 14.5. The van der Waals surface area contributed by atoms with Gasteiger partial charge in [-0.2, -0.15) is 5.26 Å². The molecule has 0 radical (unpaired) electrons. The topological polar surface area (TPSA) is 128 Å². The van der Waals surface area contributed by atoms with E-state index in [0.29, 0.717) is 24.6 Å². The third-order valence-corrected chi connectivity index (χ3v) is 6.49. The van der Waals surface area contributed by atoms with E-state index >= 15 is 0 Å². The molecule has 4 aromatic rings. The number of hydrogen-bond donors (Lipinski definition) is 1. The quantitative estimate of drug-likeness (QED) is 0.483. The fraction of sp³-hybridized carbons (Fsp3) is 0.200. The molecule has 172 valence electrons. The van der Waals surface area contributed by atoms with Crippen molar-refractivity contribution in [2.24, 2.45) is 0 Å². The fourth-order valence-corrected chi connectivity index (χ4v) is 4.51. The van der Waals surface area contributed by atoms with Gasteiger partial charge in [-0.15, -0.1) is 0 Å². The first-order valence-corrected chi connectivity index (χ1v) is 11.2. The van der Waals surface area contributed by atoms with Crippen molar-refractivity contribution in [3.63, 3.8) is 0 Å². The van der Waals surface area contributed by atoms with Crippen molar-refractivity contribution in [2.75, 3.05) is 22.9 Å². The average Bonchev–Trinajstić information content (AvgIpc) is 3.27. The van der Waals surface area contributed by atoms with Crippen LogP contribution in [-0.2, 0) is 13.1 Å². The fourth-order valence-electron chi connectivity index (χ4n) is 4.51. The second-order valence-corrected chi connectivity index (χ2v) is 8.57. The van der Waals surface area contributed by atoms with Crippen molar-refractivity contribution in [1.29, 1.82) is 5.26 Å². The van der Waals surface area contributed by atoms with Gasteiger partial charge in [0.2, 0.25) is 5.43 Å². The molecule has 0 unspecified atom stereocenters. The van der Waals surface area contributed by atoms with E-state index in [0.717, 1.165) is 36.6 Å². The molecule has 10 heteroatoms. The van der Waals surface area contributed by atoms with Crippen LogP contribution in [0.1, 0.15) is 33.6 Å². The molecule has 0 atom stereocenters. The van der Waals surface area contributed by atoms with Gasteiger partial charge in [0.25, 0.3) is 0 Å². The average molecular weight is 465 g/mol. The first kappa shape index (κ1) is 20.8. The second-order valence-electron chi connectivity index (χ2n) is 8.57. The van der Waals surface area contributed by atoms with Crippen molar-refractivity contribution in [3.05, 3.63) is 81.5 Å². The van der Waals surface area contributed by atoms with Crippen LogP contribution in [0.15, 0.2) is 53.7 Å². The van der Waals surface area contributed by atoms with Crippen LogP contribution in [0.3, 0.4) is 0 Å². The zero-order chi connectivity index (χ0) is 24.1. The van der Waals surface area contributed by atoms with Crippen LogP contribution in [-0.4, -0.2) is 43.7 Å². The van der Waals surface area contributed by atoms with Gasteiger partial charge >= 0.3 is 5.97 Å². The van der Waals surface area contributed by atoms with Gasteiger partial charge in [0.05, 0.1) is 35.1 Å². The largest absolute Gasteiger partial charge is 0.477 e. The Balaban J connectivity index is 1.54. The molecule has 0 spiro atoms. The molecule has 1 fully saturated rings. The Bertz CT molecular complexity index is 1580. The molecule has 0 amide bonds. The van der Waals surface area contributed by atoms with E-state index in [2.05, 4.69) is 20.9 Å². The van der Waals surface area contributed by atoms with Gasteiger partial charge in [0, 0.05) is 32.0 Å². The number of aromatic carboxylic acids is 1. The maximum Gasteiger partial charge on any atom is 0.341 e. The van der Waals surface area contributed by atoms with Gasteiger partial charge < -0.3 is 14.9 Å². The summed E-state index contributed by atoms with van der Waals surface area (Å²) in [5.74, 6) is -0.0922. The van der Waals surface area contributed by atoms with Gasteiger partial charge in [-0.05, 0) is 36.2 Å². The molecule has 0 aliphatic carbocycles. The molecular weight excluding hydrogens is 446 g/mol. The molecule has 2 aliphatic rings. The molecule has 6 rings (SSSR count).